The van der Waals surface area contributed by atoms with Crippen molar-refractivity contribution in [3.05, 3.63) is 0 Å². The Kier molecular flexibility index (Phi) is 5.57. The zero-order valence-corrected chi connectivity index (χ0v) is 13.4. The molecule has 0 aromatic carbocycles. The molecule has 0 saturated carbocycles. The van der Waals surface area contributed by atoms with Crippen LogP contribution in [0, 0.1) is 0 Å². The highest BCUT2D eigenvalue weighted by atomic mass is 32.2. The van der Waals surface area contributed by atoms with Crippen LogP contribution in [0.4, 0.5) is 4.79 Å². The van der Waals surface area contributed by atoms with E-state index in [0.717, 1.165) is 6.26 Å². The van der Waals surface area contributed by atoms with Crippen LogP contribution in [0.2, 0.25) is 0 Å². The Hall–Kier alpha value is -1.35. The predicted octanol–water partition coefficient (Wildman–Crippen LogP) is -0.0834. The second kappa shape index (κ2) is 6.61. The maximum Gasteiger partial charge on any atom is 0.329 e. The van der Waals surface area contributed by atoms with E-state index in [9.17, 15) is 23.1 Å². The maximum absolute atomic E-state index is 12.1. The van der Waals surface area contributed by atoms with Crippen LogP contribution < -0.4 is 5.32 Å². The van der Waals surface area contributed by atoms with Gasteiger partial charge in [0.05, 0.1) is 6.26 Å². The van der Waals surface area contributed by atoms with Gasteiger partial charge in [-0.3, -0.25) is 0 Å². The van der Waals surface area contributed by atoms with Gasteiger partial charge in [0.1, 0.15) is 5.54 Å². The Morgan fingerprint density at radius 3 is 2.14 bits per heavy atom. The van der Waals surface area contributed by atoms with Crippen molar-refractivity contribution < 1.29 is 23.1 Å². The van der Waals surface area contributed by atoms with Gasteiger partial charge in [0.2, 0.25) is 10.0 Å². The minimum atomic E-state index is -3.25. The molecule has 21 heavy (non-hydrogen) atoms. The van der Waals surface area contributed by atoms with Crippen LogP contribution in [0.25, 0.3) is 0 Å². The summed E-state index contributed by atoms with van der Waals surface area (Å²) in [7, 11) is -3.25. The lowest BCUT2D eigenvalue weighted by molar-refractivity contribution is -0.144. The molecule has 122 valence electrons. The van der Waals surface area contributed by atoms with Crippen LogP contribution in [0.15, 0.2) is 0 Å². The number of piperazine rings is 1. The molecule has 9 heteroatoms. The molecule has 1 rings (SSSR count). The minimum Gasteiger partial charge on any atom is -0.480 e. The first-order valence-corrected chi connectivity index (χ1v) is 8.70. The quantitative estimate of drug-likeness (QED) is 0.736. The first kappa shape index (κ1) is 17.7. The van der Waals surface area contributed by atoms with Crippen molar-refractivity contribution in [3.63, 3.8) is 0 Å². The molecule has 0 spiro atoms. The molecule has 1 heterocycles. The molecule has 1 unspecified atom stereocenters. The second-order valence-electron chi connectivity index (χ2n) is 5.47. The Morgan fingerprint density at radius 1 is 1.24 bits per heavy atom. The predicted molar refractivity (Wildman–Crippen MR) is 77.5 cm³/mol. The summed E-state index contributed by atoms with van der Waals surface area (Å²) in [6.45, 7) is 4.27. The third-order valence-electron chi connectivity index (χ3n) is 3.60. The van der Waals surface area contributed by atoms with E-state index in [1.54, 1.807) is 0 Å². The lowest BCUT2D eigenvalue weighted by Gasteiger charge is -2.35. The molecule has 2 N–H and O–H groups in total. The maximum atomic E-state index is 12.1. The van der Waals surface area contributed by atoms with Gasteiger partial charge in [-0.05, 0) is 13.3 Å². The van der Waals surface area contributed by atoms with Gasteiger partial charge >= 0.3 is 12.0 Å². The Bertz CT molecular complexity index is 499. The molecular weight excluding hydrogens is 298 g/mol. The third kappa shape index (κ3) is 4.57. The van der Waals surface area contributed by atoms with E-state index in [2.05, 4.69) is 5.32 Å². The number of aliphatic carboxylic acids is 1. The van der Waals surface area contributed by atoms with Gasteiger partial charge in [-0.1, -0.05) is 13.3 Å². The van der Waals surface area contributed by atoms with E-state index in [0.29, 0.717) is 12.8 Å². The highest BCUT2D eigenvalue weighted by molar-refractivity contribution is 7.88. The number of hydrogen-bond acceptors (Lipinski definition) is 4. The normalized spacial score (nSPS) is 19.9. The van der Waals surface area contributed by atoms with Crippen molar-refractivity contribution in [1.82, 2.24) is 14.5 Å². The molecular formula is C12H23N3O5S. The van der Waals surface area contributed by atoms with Crippen molar-refractivity contribution in [3.8, 4) is 0 Å². The number of hydrogen-bond donors (Lipinski definition) is 2. The van der Waals surface area contributed by atoms with Crippen LogP contribution in [0.5, 0.6) is 0 Å². The van der Waals surface area contributed by atoms with Gasteiger partial charge in [0.15, 0.2) is 0 Å². The van der Waals surface area contributed by atoms with Gasteiger partial charge < -0.3 is 15.3 Å². The zero-order chi connectivity index (χ0) is 16.3. The topological polar surface area (TPSA) is 107 Å². The third-order valence-corrected chi connectivity index (χ3v) is 4.90. The first-order chi connectivity index (χ1) is 9.60. The van der Waals surface area contributed by atoms with Crippen LogP contribution in [-0.4, -0.2) is 72.7 Å². The van der Waals surface area contributed by atoms with Crippen LogP contribution in [0.1, 0.15) is 26.7 Å². The van der Waals surface area contributed by atoms with E-state index in [4.69, 9.17) is 0 Å². The molecule has 1 fully saturated rings. The molecule has 1 atom stereocenters. The average molecular weight is 321 g/mol. The minimum absolute atomic E-state index is 0.226. The number of carbonyl (C=O) groups excluding carboxylic acids is 1. The summed E-state index contributed by atoms with van der Waals surface area (Å²) in [5, 5.41) is 11.8. The number of nitrogens with one attached hydrogen (secondary N) is 1. The van der Waals surface area contributed by atoms with Crippen molar-refractivity contribution >= 4 is 22.0 Å². The fourth-order valence-corrected chi connectivity index (χ4v) is 3.09. The zero-order valence-electron chi connectivity index (χ0n) is 12.6. The number of carboxylic acid groups (broad SMARTS) is 1. The molecule has 0 aliphatic carbocycles. The Balaban J connectivity index is 2.64. The summed E-state index contributed by atoms with van der Waals surface area (Å²) in [6, 6.07) is -0.471. The van der Waals surface area contributed by atoms with Crippen LogP contribution >= 0.6 is 0 Å². The van der Waals surface area contributed by atoms with Gasteiger partial charge in [0, 0.05) is 26.2 Å². The number of urea groups is 1. The molecule has 0 aromatic rings. The highest BCUT2D eigenvalue weighted by Gasteiger charge is 2.36. The van der Waals surface area contributed by atoms with Crippen LogP contribution in [0.3, 0.4) is 0 Å². The van der Waals surface area contributed by atoms with E-state index in [-0.39, 0.29) is 26.2 Å². The van der Waals surface area contributed by atoms with Gasteiger partial charge in [0.25, 0.3) is 0 Å². The SMILES string of the molecule is CCCC(C)(NC(=O)N1CCN(S(C)(=O)=O)CC1)C(=O)O. The molecule has 0 aromatic heterocycles. The van der Waals surface area contributed by atoms with Crippen molar-refractivity contribution in [1.29, 1.82) is 0 Å². The van der Waals surface area contributed by atoms with Crippen molar-refractivity contribution in [2.75, 3.05) is 32.4 Å². The number of carbonyl (C=O) groups is 2. The summed E-state index contributed by atoms with van der Waals surface area (Å²) in [5.74, 6) is -1.08. The van der Waals surface area contributed by atoms with Crippen molar-refractivity contribution in [2.24, 2.45) is 0 Å². The second-order valence-corrected chi connectivity index (χ2v) is 7.45. The first-order valence-electron chi connectivity index (χ1n) is 6.86. The number of nitrogens with zero attached hydrogens (tertiary/aromatic N) is 2. The molecule has 8 nitrogen and oxygen atoms in total. The molecule has 0 radical (unpaired) electrons. The van der Waals surface area contributed by atoms with E-state index >= 15 is 0 Å². The van der Waals surface area contributed by atoms with Crippen molar-refractivity contribution in [2.45, 2.75) is 32.2 Å². The summed E-state index contributed by atoms with van der Waals surface area (Å²) in [5.41, 5.74) is -1.31. The van der Waals surface area contributed by atoms with Gasteiger partial charge in [-0.15, -0.1) is 0 Å². The average Bonchev–Trinajstić information content (AvgIpc) is 2.37. The Labute approximate surface area is 125 Å². The highest BCUT2D eigenvalue weighted by Crippen LogP contribution is 2.14. The lowest BCUT2D eigenvalue weighted by atomic mass is 9.96. The smallest absolute Gasteiger partial charge is 0.329 e. The molecule has 1 aliphatic rings. The monoisotopic (exact) mass is 321 g/mol. The number of amides is 2. The van der Waals surface area contributed by atoms with Gasteiger partial charge in [-0.25, -0.2) is 18.0 Å². The fourth-order valence-electron chi connectivity index (χ4n) is 2.26. The number of rotatable bonds is 5. The molecule has 1 aliphatic heterocycles. The number of sulfonamides is 1. The molecule has 2 amide bonds. The van der Waals surface area contributed by atoms with E-state index in [1.165, 1.54) is 16.1 Å². The van der Waals surface area contributed by atoms with Crippen LogP contribution in [-0.2, 0) is 14.8 Å². The Morgan fingerprint density at radius 2 is 1.76 bits per heavy atom. The molecule has 1 saturated heterocycles. The van der Waals surface area contributed by atoms with Gasteiger partial charge in [-0.2, -0.15) is 4.31 Å². The fraction of sp³-hybridized carbons (Fsp3) is 0.833. The number of carboxylic acids is 1. The summed E-state index contributed by atoms with van der Waals surface area (Å²) < 4.78 is 24.1. The van der Waals surface area contributed by atoms with E-state index in [1.807, 2.05) is 6.92 Å². The standard InChI is InChI=1S/C12H23N3O5S/c1-4-5-12(2,10(16)17)13-11(18)14-6-8-15(9-7-14)21(3,19)20/h4-9H2,1-3H3,(H,13,18)(H,16,17). The largest absolute Gasteiger partial charge is 0.480 e. The summed E-state index contributed by atoms with van der Waals surface area (Å²) in [6.07, 6.45) is 2.09. The summed E-state index contributed by atoms with van der Waals surface area (Å²) in [4.78, 5) is 24.9. The lowest BCUT2D eigenvalue weighted by Crippen LogP contribution is -2.59. The van der Waals surface area contributed by atoms with E-state index < -0.39 is 27.6 Å². The molecule has 0 bridgehead atoms. The summed E-state index contributed by atoms with van der Waals surface area (Å²) >= 11 is 0.